The van der Waals surface area contributed by atoms with Crippen molar-refractivity contribution < 1.29 is 0 Å². The summed E-state index contributed by atoms with van der Waals surface area (Å²) in [6, 6.07) is 8.42. The van der Waals surface area contributed by atoms with Crippen LogP contribution in [0.25, 0.3) is 10.9 Å². The lowest BCUT2D eigenvalue weighted by Crippen LogP contribution is -2.32. The van der Waals surface area contributed by atoms with Crippen LogP contribution in [0.3, 0.4) is 0 Å². The van der Waals surface area contributed by atoms with Crippen LogP contribution in [0.1, 0.15) is 5.56 Å². The fraction of sp³-hybridized carbons (Fsp3) is 0.333. The van der Waals surface area contributed by atoms with Gasteiger partial charge in [-0.1, -0.05) is 18.2 Å². The maximum absolute atomic E-state index is 3.29. The van der Waals surface area contributed by atoms with Crippen LogP contribution in [0.2, 0.25) is 0 Å². The summed E-state index contributed by atoms with van der Waals surface area (Å²) in [7, 11) is 3.99. The van der Waals surface area contributed by atoms with Gasteiger partial charge in [-0.15, -0.1) is 0 Å². The number of hydrazine groups is 1. The average Bonchev–Trinajstić information content (AvgIpc) is 2.69. The highest BCUT2D eigenvalue weighted by molar-refractivity contribution is 5.83. The third kappa shape index (κ3) is 2.19. The molecule has 2 N–H and O–H groups in total. The highest BCUT2D eigenvalue weighted by Gasteiger charge is 2.03. The molecule has 3 heteroatoms. The summed E-state index contributed by atoms with van der Waals surface area (Å²) in [4.78, 5) is 3.29. The van der Waals surface area contributed by atoms with E-state index in [-0.39, 0.29) is 0 Å². The summed E-state index contributed by atoms with van der Waals surface area (Å²) in [5, 5.41) is 3.42. The maximum atomic E-state index is 3.29. The molecule has 0 spiro atoms. The number of para-hydroxylation sites is 1. The minimum absolute atomic E-state index is 1.01. The number of fused-ring (bicyclic) bond motifs is 1. The number of hydrogen-bond acceptors (Lipinski definition) is 2. The van der Waals surface area contributed by atoms with Crippen LogP contribution < -0.4 is 5.43 Å². The number of H-pyrrole nitrogens is 1. The summed E-state index contributed by atoms with van der Waals surface area (Å²) in [6.07, 6.45) is 3.16. The molecule has 0 saturated heterocycles. The van der Waals surface area contributed by atoms with E-state index in [0.29, 0.717) is 0 Å². The Bertz CT molecular complexity index is 433. The van der Waals surface area contributed by atoms with Gasteiger partial charge in [0.15, 0.2) is 0 Å². The lowest BCUT2D eigenvalue weighted by molar-refractivity contribution is 0.264. The minimum Gasteiger partial charge on any atom is -0.361 e. The zero-order valence-corrected chi connectivity index (χ0v) is 9.25. The van der Waals surface area contributed by atoms with Crippen molar-refractivity contribution in [3.05, 3.63) is 36.0 Å². The van der Waals surface area contributed by atoms with E-state index in [2.05, 4.69) is 52.9 Å². The van der Waals surface area contributed by atoms with E-state index < -0.39 is 0 Å². The number of nitrogens with one attached hydrogen (secondary N) is 2. The normalized spacial score (nSPS) is 11.4. The van der Waals surface area contributed by atoms with Crippen molar-refractivity contribution in [2.24, 2.45) is 0 Å². The Morgan fingerprint density at radius 1 is 1.33 bits per heavy atom. The second kappa shape index (κ2) is 4.47. The molecule has 0 bridgehead atoms. The van der Waals surface area contributed by atoms with Crippen molar-refractivity contribution in [1.29, 1.82) is 0 Å². The van der Waals surface area contributed by atoms with Crippen LogP contribution in [0, 0.1) is 0 Å². The molecule has 0 atom stereocenters. The number of rotatable bonds is 4. The van der Waals surface area contributed by atoms with E-state index in [1.807, 2.05) is 7.05 Å². The maximum Gasteiger partial charge on any atom is 0.0456 e. The highest BCUT2D eigenvalue weighted by atomic mass is 15.5. The fourth-order valence-corrected chi connectivity index (χ4v) is 1.74. The van der Waals surface area contributed by atoms with Crippen molar-refractivity contribution in [3.8, 4) is 0 Å². The highest BCUT2D eigenvalue weighted by Crippen LogP contribution is 2.17. The van der Waals surface area contributed by atoms with Crippen LogP contribution >= 0.6 is 0 Å². The Labute approximate surface area is 90.1 Å². The number of hydrogen-bond donors (Lipinski definition) is 2. The van der Waals surface area contributed by atoms with Crippen LogP contribution in [0.15, 0.2) is 30.5 Å². The molecular formula is C12H17N3. The molecule has 1 heterocycles. The topological polar surface area (TPSA) is 31.1 Å². The molecule has 2 aromatic rings. The van der Waals surface area contributed by atoms with Crippen LogP contribution in [0.5, 0.6) is 0 Å². The molecule has 0 saturated carbocycles. The number of aromatic nitrogens is 1. The smallest absolute Gasteiger partial charge is 0.0456 e. The molecule has 15 heavy (non-hydrogen) atoms. The molecule has 0 aliphatic rings. The quantitative estimate of drug-likeness (QED) is 0.742. The van der Waals surface area contributed by atoms with Crippen molar-refractivity contribution in [3.63, 3.8) is 0 Å². The lowest BCUT2D eigenvalue weighted by atomic mass is 10.1. The summed E-state index contributed by atoms with van der Waals surface area (Å²) in [5.41, 5.74) is 5.70. The summed E-state index contributed by atoms with van der Waals surface area (Å²) in [6.45, 7) is 1.01. The predicted octanol–water partition coefficient (Wildman–Crippen LogP) is 1.78. The molecule has 0 unspecified atom stereocenters. The molecule has 1 aromatic heterocycles. The van der Waals surface area contributed by atoms with E-state index in [1.54, 1.807) is 0 Å². The Morgan fingerprint density at radius 3 is 2.93 bits per heavy atom. The molecule has 0 radical (unpaired) electrons. The van der Waals surface area contributed by atoms with E-state index in [1.165, 1.54) is 16.5 Å². The first-order valence-electron chi connectivity index (χ1n) is 5.25. The molecule has 3 nitrogen and oxygen atoms in total. The Hall–Kier alpha value is -1.32. The Morgan fingerprint density at radius 2 is 2.13 bits per heavy atom. The standard InChI is InChI=1S/C12H17N3/c1-13-15(2)8-7-10-9-14-12-6-4-3-5-11(10)12/h3-6,9,13-14H,7-8H2,1-2H3. The van der Waals surface area contributed by atoms with E-state index >= 15 is 0 Å². The predicted molar refractivity (Wildman–Crippen MR) is 63.7 cm³/mol. The van der Waals surface area contributed by atoms with Crippen LogP contribution in [0.4, 0.5) is 0 Å². The van der Waals surface area contributed by atoms with Gasteiger partial charge in [-0.2, -0.15) is 0 Å². The summed E-state index contributed by atoms with van der Waals surface area (Å²) >= 11 is 0. The van der Waals surface area contributed by atoms with Gasteiger partial charge in [0.2, 0.25) is 0 Å². The third-order valence-corrected chi connectivity index (χ3v) is 2.77. The second-order valence-electron chi connectivity index (χ2n) is 3.75. The van der Waals surface area contributed by atoms with Crippen LogP contribution in [-0.2, 0) is 6.42 Å². The average molecular weight is 203 g/mol. The van der Waals surface area contributed by atoms with Crippen molar-refractivity contribution in [2.75, 3.05) is 20.6 Å². The zero-order valence-electron chi connectivity index (χ0n) is 9.25. The lowest BCUT2D eigenvalue weighted by Gasteiger charge is -2.13. The molecular weight excluding hydrogens is 186 g/mol. The monoisotopic (exact) mass is 203 g/mol. The van der Waals surface area contributed by atoms with Crippen molar-refractivity contribution in [1.82, 2.24) is 15.4 Å². The Kier molecular flexibility index (Phi) is 3.04. The number of nitrogens with zero attached hydrogens (tertiary/aromatic N) is 1. The molecule has 0 amide bonds. The first-order valence-corrected chi connectivity index (χ1v) is 5.25. The van der Waals surface area contributed by atoms with E-state index in [0.717, 1.165) is 13.0 Å². The van der Waals surface area contributed by atoms with E-state index in [4.69, 9.17) is 0 Å². The van der Waals surface area contributed by atoms with Gasteiger partial charge >= 0.3 is 0 Å². The fourth-order valence-electron chi connectivity index (χ4n) is 1.74. The van der Waals surface area contributed by atoms with Crippen molar-refractivity contribution in [2.45, 2.75) is 6.42 Å². The number of aromatic amines is 1. The molecule has 2 rings (SSSR count). The molecule has 80 valence electrons. The van der Waals surface area contributed by atoms with Gasteiger partial charge < -0.3 is 4.98 Å². The van der Waals surface area contributed by atoms with Gasteiger partial charge in [0.1, 0.15) is 0 Å². The summed E-state index contributed by atoms with van der Waals surface area (Å²) in [5.74, 6) is 0. The number of benzene rings is 1. The SMILES string of the molecule is CNN(C)CCc1c[nH]c2ccccc12. The van der Waals surface area contributed by atoms with Gasteiger partial charge in [0.25, 0.3) is 0 Å². The molecule has 1 aromatic carbocycles. The van der Waals surface area contributed by atoms with Gasteiger partial charge in [0.05, 0.1) is 0 Å². The van der Waals surface area contributed by atoms with Gasteiger partial charge in [-0.25, -0.2) is 5.01 Å². The van der Waals surface area contributed by atoms with Crippen LogP contribution in [-0.4, -0.2) is 30.6 Å². The molecule has 0 aliphatic heterocycles. The van der Waals surface area contributed by atoms with Gasteiger partial charge in [-0.05, 0) is 25.1 Å². The third-order valence-electron chi connectivity index (χ3n) is 2.77. The summed E-state index contributed by atoms with van der Waals surface area (Å²) < 4.78 is 0. The Balaban J connectivity index is 2.14. The first kappa shape index (κ1) is 10.2. The van der Waals surface area contributed by atoms with Crippen molar-refractivity contribution >= 4 is 10.9 Å². The molecule has 0 fully saturated rings. The first-order chi connectivity index (χ1) is 7.31. The van der Waals surface area contributed by atoms with Gasteiger partial charge in [-0.3, -0.25) is 5.43 Å². The molecule has 0 aliphatic carbocycles. The van der Waals surface area contributed by atoms with Gasteiger partial charge in [0, 0.05) is 30.7 Å². The minimum atomic E-state index is 1.01. The largest absolute Gasteiger partial charge is 0.361 e. The van der Waals surface area contributed by atoms with E-state index in [9.17, 15) is 0 Å². The zero-order chi connectivity index (χ0) is 10.7. The number of likely N-dealkylation sites (N-methyl/N-ethyl adjacent to an activating group) is 1. The second-order valence-corrected chi connectivity index (χ2v) is 3.75.